The summed E-state index contributed by atoms with van der Waals surface area (Å²) in [6, 6.07) is 24.3. The van der Waals surface area contributed by atoms with Gasteiger partial charge in [-0.15, -0.1) is 0 Å². The third-order valence-corrected chi connectivity index (χ3v) is 4.69. The zero-order chi connectivity index (χ0) is 24.2. The van der Waals surface area contributed by atoms with Crippen LogP contribution in [0.4, 0.5) is 0 Å². The molecule has 0 bridgehead atoms. The van der Waals surface area contributed by atoms with E-state index in [1.54, 1.807) is 24.8 Å². The van der Waals surface area contributed by atoms with Gasteiger partial charge in [-0.25, -0.2) is 10.5 Å². The molecular weight excluding hydrogens is 487 g/mol. The first kappa shape index (κ1) is 26.4. The van der Waals surface area contributed by atoms with Crippen LogP contribution in [0.1, 0.15) is 0 Å². The van der Waals surface area contributed by atoms with Gasteiger partial charge in [0.05, 0.1) is 22.1 Å². The summed E-state index contributed by atoms with van der Waals surface area (Å²) in [5.41, 5.74) is 3.91. The van der Waals surface area contributed by atoms with Crippen LogP contribution in [0.25, 0.3) is 43.6 Å². The summed E-state index contributed by atoms with van der Waals surface area (Å²) >= 11 is 0. The van der Waals surface area contributed by atoms with Gasteiger partial charge in [-0.05, 0) is 24.3 Å². The Morgan fingerprint density at radius 1 is 0.457 bits per heavy atom. The summed E-state index contributed by atoms with van der Waals surface area (Å²) in [7, 11) is 0. The summed E-state index contributed by atoms with van der Waals surface area (Å²) in [5.74, 6) is 0. The largest absolute Gasteiger partial charge is 2.00 e. The van der Waals surface area contributed by atoms with Crippen molar-refractivity contribution in [2.45, 2.75) is 0 Å². The van der Waals surface area contributed by atoms with E-state index >= 15 is 0 Å². The number of nitriles is 2. The Morgan fingerprint density at radius 2 is 0.657 bits per heavy atom. The van der Waals surface area contributed by atoms with Crippen LogP contribution in [0.5, 0.6) is 0 Å². The molecule has 0 atom stereocenters. The Labute approximate surface area is 211 Å². The molecule has 0 fully saturated rings. The molecule has 0 amide bonds. The second kappa shape index (κ2) is 13.7. The van der Waals surface area contributed by atoms with Crippen LogP contribution in [-0.2, 0) is 16.8 Å². The Kier molecular flexibility index (Phi) is 10.3. The van der Waals surface area contributed by atoms with Crippen LogP contribution in [0.3, 0.4) is 0 Å². The monoisotopic (exact) mass is 503 g/mol. The number of benzene rings is 2. The van der Waals surface area contributed by atoms with Crippen molar-refractivity contribution in [1.29, 1.82) is 10.5 Å². The van der Waals surface area contributed by atoms with E-state index in [0.29, 0.717) is 12.5 Å². The van der Waals surface area contributed by atoms with Gasteiger partial charge in [0.1, 0.15) is 0 Å². The van der Waals surface area contributed by atoms with Crippen LogP contribution in [0, 0.1) is 23.0 Å². The van der Waals surface area contributed by atoms with E-state index < -0.39 is 0 Å². The fourth-order valence-corrected chi connectivity index (χ4v) is 3.36. The van der Waals surface area contributed by atoms with Crippen LogP contribution in [0.2, 0.25) is 0 Å². The quantitative estimate of drug-likeness (QED) is 0.227. The molecule has 0 aliphatic heterocycles. The van der Waals surface area contributed by atoms with Gasteiger partial charge in [-0.3, -0.25) is 19.9 Å². The second-order valence-corrected chi connectivity index (χ2v) is 6.61. The number of hydrogen-bond acceptors (Lipinski definition) is 8. The minimum atomic E-state index is 0. The maximum atomic E-state index is 8.24. The molecule has 0 unspecified atom stereocenters. The molecule has 6 rings (SSSR count). The van der Waals surface area contributed by atoms with Crippen molar-refractivity contribution in [2.24, 2.45) is 0 Å². The van der Waals surface area contributed by atoms with Gasteiger partial charge in [0.2, 0.25) is 0 Å². The Hall–Kier alpha value is -4.83. The van der Waals surface area contributed by atoms with E-state index in [4.69, 9.17) is 20.7 Å². The molecule has 0 spiro atoms. The molecule has 2 aromatic carbocycles. The van der Waals surface area contributed by atoms with Crippen LogP contribution in [0.15, 0.2) is 97.6 Å². The molecule has 4 aromatic heterocycles. The van der Waals surface area contributed by atoms with E-state index in [0.717, 1.165) is 43.6 Å². The average Bonchev–Trinajstić information content (AvgIpc) is 2.90. The Balaban J connectivity index is 0.000000198. The smallest absolute Gasteiger partial charge is 0.812 e. The van der Waals surface area contributed by atoms with E-state index in [1.165, 1.54) is 0 Å². The van der Waals surface area contributed by atoms with Crippen LogP contribution in [-0.4, -0.2) is 19.9 Å². The predicted octanol–water partition coefficient (Wildman–Crippen LogP) is 3.22. The van der Waals surface area contributed by atoms with E-state index in [-0.39, 0.29) is 16.8 Å². The molecule has 6 aromatic rings. The van der Waals surface area contributed by atoms with Gasteiger partial charge < -0.3 is 10.2 Å². The van der Waals surface area contributed by atoms with Crippen molar-refractivity contribution in [1.82, 2.24) is 19.9 Å². The Bertz CT molecular complexity index is 1400. The first-order valence-corrected chi connectivity index (χ1v) is 9.93. The third-order valence-electron chi connectivity index (χ3n) is 4.69. The zero-order valence-corrected chi connectivity index (χ0v) is 19.1. The molecular formula is C26H16CoN6O2. The summed E-state index contributed by atoms with van der Waals surface area (Å²) in [6.45, 7) is 0. The number of nitrogens with zero attached hydrogens (tertiary/aromatic N) is 6. The standard InChI is InChI=1S/2C12H8N2.2CHNO.Co/c2*1-3-9-5-6-10-4-2-8-14-12(10)11(9)13-7-1;2*2-1-3;/h2*1-8H;2*3H;/q;;;;+2/p-2. The van der Waals surface area contributed by atoms with Crippen LogP contribution >= 0.6 is 0 Å². The normalized spacial score (nSPS) is 9.09. The van der Waals surface area contributed by atoms with Gasteiger partial charge >= 0.3 is 16.8 Å². The van der Waals surface area contributed by atoms with Crippen molar-refractivity contribution in [3.8, 4) is 12.5 Å². The van der Waals surface area contributed by atoms with E-state index in [9.17, 15) is 0 Å². The fourth-order valence-electron chi connectivity index (χ4n) is 3.36. The number of hydrogen-bond donors (Lipinski definition) is 0. The summed E-state index contributed by atoms with van der Waals surface area (Å²) in [6.07, 6.45) is 8.21. The first-order chi connectivity index (χ1) is 16.7. The van der Waals surface area contributed by atoms with Crippen molar-refractivity contribution in [3.05, 3.63) is 97.6 Å². The van der Waals surface area contributed by atoms with Crippen molar-refractivity contribution in [3.63, 3.8) is 0 Å². The van der Waals surface area contributed by atoms with Crippen molar-refractivity contribution in [2.75, 3.05) is 0 Å². The first-order valence-electron chi connectivity index (χ1n) is 9.93. The van der Waals surface area contributed by atoms with Crippen molar-refractivity contribution < 1.29 is 27.0 Å². The molecule has 8 nitrogen and oxygen atoms in total. The molecule has 35 heavy (non-hydrogen) atoms. The van der Waals surface area contributed by atoms with Crippen LogP contribution < -0.4 is 10.2 Å². The minimum Gasteiger partial charge on any atom is -0.812 e. The molecule has 0 aliphatic carbocycles. The maximum absolute atomic E-state index is 8.24. The SMILES string of the molecule is N#C[O-].N#C[O-].[Co+2].c1cnc2c(c1)ccc1cccnc12.c1cnc2c(c1)ccc1cccnc12. The molecule has 0 N–H and O–H groups in total. The molecule has 4 heterocycles. The fraction of sp³-hybridized carbons (Fsp3) is 0. The number of aromatic nitrogens is 4. The molecule has 171 valence electrons. The minimum absolute atomic E-state index is 0. The molecule has 0 saturated heterocycles. The second-order valence-electron chi connectivity index (χ2n) is 6.61. The van der Waals surface area contributed by atoms with Gasteiger partial charge in [0, 0.05) is 58.8 Å². The average molecular weight is 503 g/mol. The number of fused-ring (bicyclic) bond motifs is 6. The van der Waals surface area contributed by atoms with Gasteiger partial charge in [0.25, 0.3) is 0 Å². The summed E-state index contributed by atoms with van der Waals surface area (Å²) in [5, 5.41) is 34.6. The van der Waals surface area contributed by atoms with E-state index in [2.05, 4.69) is 68.5 Å². The van der Waals surface area contributed by atoms with Gasteiger partial charge in [-0.1, -0.05) is 48.5 Å². The molecule has 0 aliphatic rings. The van der Waals surface area contributed by atoms with Crippen molar-refractivity contribution >= 4 is 43.6 Å². The zero-order valence-electron chi connectivity index (χ0n) is 18.1. The topological polar surface area (TPSA) is 145 Å². The number of pyridine rings is 4. The van der Waals surface area contributed by atoms with E-state index in [1.807, 2.05) is 24.3 Å². The molecule has 9 heteroatoms. The predicted molar refractivity (Wildman–Crippen MR) is 125 cm³/mol. The van der Waals surface area contributed by atoms with Gasteiger partial charge in [0.15, 0.2) is 0 Å². The molecule has 1 radical (unpaired) electrons. The van der Waals surface area contributed by atoms with Gasteiger partial charge in [-0.2, -0.15) is 0 Å². The summed E-state index contributed by atoms with van der Waals surface area (Å²) in [4.78, 5) is 17.4. The maximum Gasteiger partial charge on any atom is 2.00 e. The molecule has 0 saturated carbocycles. The summed E-state index contributed by atoms with van der Waals surface area (Å²) < 4.78 is 0. The third kappa shape index (κ3) is 6.59. The number of rotatable bonds is 0. The Morgan fingerprint density at radius 3 is 0.857 bits per heavy atom.